The Bertz CT molecular complexity index is 492. The lowest BCUT2D eigenvalue weighted by atomic mass is 10.2. The third kappa shape index (κ3) is 2.82. The van der Waals surface area contributed by atoms with Gasteiger partial charge >= 0.3 is 0 Å². The normalized spacial score (nSPS) is 23.9. The van der Waals surface area contributed by atoms with E-state index in [1.165, 1.54) is 12.8 Å². The molecule has 1 saturated heterocycles. The van der Waals surface area contributed by atoms with Crippen LogP contribution >= 0.6 is 15.9 Å². The quantitative estimate of drug-likeness (QED) is 0.912. The van der Waals surface area contributed by atoms with Crippen LogP contribution in [0.1, 0.15) is 43.3 Å². The number of ether oxygens (including phenoxy) is 1. The number of halogens is 1. The fourth-order valence-electron chi connectivity index (χ4n) is 2.57. The van der Waals surface area contributed by atoms with Crippen molar-refractivity contribution >= 4 is 21.7 Å². The Morgan fingerprint density at radius 1 is 1.40 bits per heavy atom. The molecule has 0 amide bonds. The van der Waals surface area contributed by atoms with Crippen molar-refractivity contribution in [1.82, 2.24) is 14.9 Å². The summed E-state index contributed by atoms with van der Waals surface area (Å²) in [6.07, 6.45) is 2.44. The van der Waals surface area contributed by atoms with E-state index in [9.17, 15) is 0 Å². The molecule has 1 aromatic rings. The van der Waals surface area contributed by atoms with E-state index in [2.05, 4.69) is 38.1 Å². The van der Waals surface area contributed by atoms with Gasteiger partial charge in [0, 0.05) is 26.1 Å². The van der Waals surface area contributed by atoms with Gasteiger partial charge in [-0.1, -0.05) is 6.92 Å². The molecule has 5 nitrogen and oxygen atoms in total. The van der Waals surface area contributed by atoms with E-state index in [4.69, 9.17) is 9.72 Å². The first kappa shape index (κ1) is 14.2. The number of nitrogens with zero attached hydrogens (tertiary/aromatic N) is 3. The Labute approximate surface area is 128 Å². The molecule has 0 radical (unpaired) electrons. The molecule has 2 aliphatic rings. The Balaban J connectivity index is 1.90. The molecule has 3 rings (SSSR count). The van der Waals surface area contributed by atoms with Gasteiger partial charge in [0.25, 0.3) is 0 Å². The number of aromatic nitrogens is 2. The first-order valence-corrected chi connectivity index (χ1v) is 8.11. The third-order valence-electron chi connectivity index (χ3n) is 3.98. The highest BCUT2D eigenvalue weighted by atomic mass is 79.9. The lowest BCUT2D eigenvalue weighted by Gasteiger charge is -2.31. The van der Waals surface area contributed by atoms with Crippen LogP contribution in [0.15, 0.2) is 4.47 Å². The highest BCUT2D eigenvalue weighted by molar-refractivity contribution is 9.10. The van der Waals surface area contributed by atoms with Gasteiger partial charge in [-0.2, -0.15) is 0 Å². The minimum atomic E-state index is -0.0126. The topological polar surface area (TPSA) is 50.3 Å². The molecule has 1 N–H and O–H groups in total. The Morgan fingerprint density at radius 2 is 2.20 bits per heavy atom. The monoisotopic (exact) mass is 340 g/mol. The average Bonchev–Trinajstić information content (AvgIpc) is 3.32. The lowest BCUT2D eigenvalue weighted by molar-refractivity contribution is -0.0326. The van der Waals surface area contributed by atoms with Crippen LogP contribution in [-0.2, 0) is 4.74 Å². The van der Waals surface area contributed by atoms with Crippen LogP contribution in [0.5, 0.6) is 0 Å². The van der Waals surface area contributed by atoms with Crippen LogP contribution < -0.4 is 5.32 Å². The Hall–Kier alpha value is -0.720. The van der Waals surface area contributed by atoms with E-state index in [1.54, 1.807) is 0 Å². The van der Waals surface area contributed by atoms with Crippen molar-refractivity contribution < 1.29 is 4.74 Å². The fraction of sp³-hybridized carbons (Fsp3) is 0.714. The summed E-state index contributed by atoms with van der Waals surface area (Å²) >= 11 is 3.63. The van der Waals surface area contributed by atoms with Crippen molar-refractivity contribution in [2.45, 2.75) is 31.8 Å². The number of hydrogen-bond acceptors (Lipinski definition) is 5. The van der Waals surface area contributed by atoms with Crippen LogP contribution in [0.3, 0.4) is 0 Å². The smallest absolute Gasteiger partial charge is 0.161 e. The zero-order valence-electron chi connectivity index (χ0n) is 12.0. The maximum atomic E-state index is 5.88. The number of anilines is 1. The maximum Gasteiger partial charge on any atom is 0.161 e. The molecule has 0 bridgehead atoms. The summed E-state index contributed by atoms with van der Waals surface area (Å²) in [4.78, 5) is 11.8. The molecule has 1 aliphatic carbocycles. The highest BCUT2D eigenvalue weighted by Crippen LogP contribution is 2.44. The molecule has 2 heterocycles. The SMILES string of the molecule is CCN1CCOC(c2nc(NC)c(Br)c(C3CC3)n2)C1. The van der Waals surface area contributed by atoms with Crippen LogP contribution in [0.25, 0.3) is 0 Å². The number of morpholine rings is 1. The predicted octanol–water partition coefficient (Wildman–Crippen LogP) is 2.55. The maximum absolute atomic E-state index is 5.88. The minimum absolute atomic E-state index is 0.0126. The summed E-state index contributed by atoms with van der Waals surface area (Å²) in [5, 5.41) is 3.16. The van der Waals surface area contributed by atoms with Crippen LogP contribution in [-0.4, -0.2) is 48.2 Å². The molecular weight excluding hydrogens is 320 g/mol. The van der Waals surface area contributed by atoms with Gasteiger partial charge < -0.3 is 10.1 Å². The molecule has 110 valence electrons. The second kappa shape index (κ2) is 5.95. The van der Waals surface area contributed by atoms with Crippen molar-refractivity contribution in [2.75, 3.05) is 38.6 Å². The van der Waals surface area contributed by atoms with Gasteiger partial charge in [-0.25, -0.2) is 9.97 Å². The molecule has 6 heteroatoms. The first-order chi connectivity index (χ1) is 9.72. The van der Waals surface area contributed by atoms with E-state index in [0.717, 1.165) is 48.1 Å². The second-order valence-corrected chi connectivity index (χ2v) is 6.20. The second-order valence-electron chi connectivity index (χ2n) is 5.41. The van der Waals surface area contributed by atoms with Crippen molar-refractivity contribution in [3.8, 4) is 0 Å². The largest absolute Gasteiger partial charge is 0.372 e. The van der Waals surface area contributed by atoms with Crippen molar-refractivity contribution in [3.05, 3.63) is 16.0 Å². The molecule has 0 spiro atoms. The van der Waals surface area contributed by atoms with Crippen molar-refractivity contribution in [1.29, 1.82) is 0 Å². The van der Waals surface area contributed by atoms with Gasteiger partial charge in [0.15, 0.2) is 5.82 Å². The average molecular weight is 341 g/mol. The zero-order chi connectivity index (χ0) is 14.1. The summed E-state index contributed by atoms with van der Waals surface area (Å²) in [6, 6.07) is 0. The zero-order valence-corrected chi connectivity index (χ0v) is 13.6. The summed E-state index contributed by atoms with van der Waals surface area (Å²) in [5.74, 6) is 2.27. The fourth-order valence-corrected chi connectivity index (χ4v) is 3.26. The van der Waals surface area contributed by atoms with Crippen LogP contribution in [0.2, 0.25) is 0 Å². The van der Waals surface area contributed by atoms with E-state index < -0.39 is 0 Å². The number of rotatable bonds is 4. The molecule has 1 aromatic heterocycles. The standard InChI is InChI=1S/C14H21BrN4O/c1-3-19-6-7-20-10(8-19)13-17-12(9-4-5-9)11(15)14(16-2)18-13/h9-10H,3-8H2,1-2H3,(H,16,17,18). The van der Waals surface area contributed by atoms with Crippen molar-refractivity contribution in [3.63, 3.8) is 0 Å². The third-order valence-corrected chi connectivity index (χ3v) is 4.76. The predicted molar refractivity (Wildman–Crippen MR) is 82.1 cm³/mol. The molecule has 1 atom stereocenters. The summed E-state index contributed by atoms with van der Waals surface area (Å²) < 4.78 is 6.89. The number of nitrogens with one attached hydrogen (secondary N) is 1. The van der Waals surface area contributed by atoms with Gasteiger partial charge in [0.1, 0.15) is 11.9 Å². The van der Waals surface area contributed by atoms with Gasteiger partial charge in [-0.05, 0) is 35.3 Å². The van der Waals surface area contributed by atoms with E-state index in [-0.39, 0.29) is 6.10 Å². The number of hydrogen-bond donors (Lipinski definition) is 1. The van der Waals surface area contributed by atoms with Gasteiger partial charge in [0.05, 0.1) is 16.8 Å². The molecule has 1 aliphatic heterocycles. The molecular formula is C14H21BrN4O. The summed E-state index contributed by atoms with van der Waals surface area (Å²) in [5.41, 5.74) is 1.14. The van der Waals surface area contributed by atoms with Gasteiger partial charge in [0.2, 0.25) is 0 Å². The first-order valence-electron chi connectivity index (χ1n) is 7.32. The van der Waals surface area contributed by atoms with Gasteiger partial charge in [-0.3, -0.25) is 4.90 Å². The molecule has 2 fully saturated rings. The molecule has 0 aromatic carbocycles. The Kier molecular flexibility index (Phi) is 4.23. The van der Waals surface area contributed by atoms with Crippen molar-refractivity contribution in [2.24, 2.45) is 0 Å². The van der Waals surface area contributed by atoms with Crippen LogP contribution in [0, 0.1) is 0 Å². The summed E-state index contributed by atoms with van der Waals surface area (Å²) in [6.45, 7) is 5.86. The highest BCUT2D eigenvalue weighted by Gasteiger charge is 2.31. The van der Waals surface area contributed by atoms with E-state index >= 15 is 0 Å². The number of likely N-dealkylation sites (N-methyl/N-ethyl adjacent to an activating group) is 1. The summed E-state index contributed by atoms with van der Waals surface area (Å²) in [7, 11) is 1.90. The van der Waals surface area contributed by atoms with E-state index in [0.29, 0.717) is 5.92 Å². The Morgan fingerprint density at radius 3 is 2.85 bits per heavy atom. The lowest BCUT2D eigenvalue weighted by Crippen LogP contribution is -2.38. The molecule has 1 unspecified atom stereocenters. The molecule has 1 saturated carbocycles. The minimum Gasteiger partial charge on any atom is -0.372 e. The van der Waals surface area contributed by atoms with Gasteiger partial charge in [-0.15, -0.1) is 0 Å². The van der Waals surface area contributed by atoms with E-state index in [1.807, 2.05) is 7.05 Å². The van der Waals surface area contributed by atoms with Crippen LogP contribution in [0.4, 0.5) is 5.82 Å². The molecule has 20 heavy (non-hydrogen) atoms.